The minimum absolute atomic E-state index is 0.0267. The maximum atomic E-state index is 13.4. The zero-order chi connectivity index (χ0) is 38.1. The monoisotopic (exact) mass is 737 g/mol. The number of aromatic hydroxyl groups is 1. The molecule has 2 aliphatic carbocycles. The lowest BCUT2D eigenvalue weighted by molar-refractivity contribution is 0.419. The predicted molar refractivity (Wildman–Crippen MR) is 200 cm³/mol. The fraction of sp³-hybridized carbons (Fsp3) is 0.317. The molecule has 276 valence electrons. The molecule has 0 saturated heterocycles. The number of fused-ring (bicyclic) bond motifs is 2. The topological polar surface area (TPSA) is 179 Å². The molecule has 14 nitrogen and oxygen atoms in total. The molecule has 0 radical (unpaired) electrons. The molecule has 0 saturated carbocycles. The Labute approximate surface area is 315 Å². The lowest BCUT2D eigenvalue weighted by Crippen LogP contribution is -2.32. The Kier molecular flexibility index (Phi) is 9.55. The molecule has 55 heavy (non-hydrogen) atoms. The second-order valence-corrected chi connectivity index (χ2v) is 13.9. The zero-order valence-corrected chi connectivity index (χ0v) is 30.5. The molecule has 2 aromatic carbocycles. The molecule has 1 N–H and O–H groups in total. The van der Waals surface area contributed by atoms with Gasteiger partial charge in [0, 0.05) is 59.0 Å². The zero-order valence-electron chi connectivity index (χ0n) is 30.5. The average Bonchev–Trinajstić information content (AvgIpc) is 3.87. The van der Waals surface area contributed by atoms with Gasteiger partial charge in [0.1, 0.15) is 34.3 Å². The van der Waals surface area contributed by atoms with E-state index in [4.69, 9.17) is 18.9 Å². The van der Waals surface area contributed by atoms with Crippen molar-refractivity contribution in [2.45, 2.75) is 84.7 Å². The van der Waals surface area contributed by atoms with Crippen LogP contribution in [0.3, 0.4) is 0 Å². The smallest absolute Gasteiger partial charge is 0.389 e. The highest BCUT2D eigenvalue weighted by atomic mass is 16.6. The SMILES string of the molecule is CCc1nc2c(c(=O)n1Cc1cc(-c3cc(O)cc(C#[N+]Oc4cc(C#N)cc(-c5cc(Cn6c(C)nc7c(c6=O)CCCC7)no5)c4)c3)on1)CCCC2. The summed E-state index contributed by atoms with van der Waals surface area (Å²) < 4.78 is 14.5. The molecule has 0 unspecified atom stereocenters. The Morgan fingerprint density at radius 2 is 1.38 bits per heavy atom. The van der Waals surface area contributed by atoms with Crippen LogP contribution in [0.5, 0.6) is 11.5 Å². The van der Waals surface area contributed by atoms with Gasteiger partial charge in [-0.15, -0.1) is 4.84 Å². The minimum atomic E-state index is -0.0601. The van der Waals surface area contributed by atoms with Crippen LogP contribution in [-0.4, -0.2) is 34.5 Å². The van der Waals surface area contributed by atoms with Gasteiger partial charge in [0.05, 0.1) is 36.1 Å². The molecule has 0 bridgehead atoms. The maximum absolute atomic E-state index is 13.4. The summed E-state index contributed by atoms with van der Waals surface area (Å²) in [5.41, 5.74) is 6.08. The first-order valence-electron chi connectivity index (χ1n) is 18.4. The van der Waals surface area contributed by atoms with Crippen LogP contribution in [0.2, 0.25) is 0 Å². The summed E-state index contributed by atoms with van der Waals surface area (Å²) in [6.45, 7) is 4.20. The number of phenols is 1. The number of hydrogen-bond acceptors (Lipinski definition) is 11. The lowest BCUT2D eigenvalue weighted by Gasteiger charge is -2.18. The Morgan fingerprint density at radius 1 is 0.782 bits per heavy atom. The van der Waals surface area contributed by atoms with Crippen LogP contribution in [-0.2, 0) is 45.2 Å². The van der Waals surface area contributed by atoms with Gasteiger partial charge in [0.2, 0.25) is 10.8 Å². The fourth-order valence-electron chi connectivity index (χ4n) is 7.34. The molecular formula is C41H37N8O6+. The number of benzene rings is 2. The van der Waals surface area contributed by atoms with Gasteiger partial charge < -0.3 is 14.2 Å². The number of hydrogen-bond donors (Lipinski definition) is 1. The highest BCUT2D eigenvalue weighted by molar-refractivity contribution is 5.64. The highest BCUT2D eigenvalue weighted by Gasteiger charge is 2.22. The van der Waals surface area contributed by atoms with E-state index in [0.717, 1.165) is 73.9 Å². The summed E-state index contributed by atoms with van der Waals surface area (Å²) in [4.78, 5) is 41.7. The second kappa shape index (κ2) is 14.9. The van der Waals surface area contributed by atoms with E-state index in [0.29, 0.717) is 63.2 Å². The van der Waals surface area contributed by atoms with E-state index in [1.54, 1.807) is 39.5 Å². The van der Waals surface area contributed by atoms with Crippen molar-refractivity contribution in [2.24, 2.45) is 0 Å². The summed E-state index contributed by atoms with van der Waals surface area (Å²) in [6.07, 6.45) is 7.74. The van der Waals surface area contributed by atoms with Gasteiger partial charge in [0.15, 0.2) is 11.5 Å². The van der Waals surface area contributed by atoms with Crippen LogP contribution >= 0.6 is 0 Å². The van der Waals surface area contributed by atoms with E-state index >= 15 is 0 Å². The van der Waals surface area contributed by atoms with Crippen LogP contribution in [0.15, 0.2) is 67.2 Å². The molecule has 0 atom stereocenters. The van der Waals surface area contributed by atoms with Crippen LogP contribution in [0.25, 0.3) is 27.7 Å². The van der Waals surface area contributed by atoms with Gasteiger partial charge in [-0.1, -0.05) is 17.2 Å². The summed E-state index contributed by atoms with van der Waals surface area (Å²) in [5, 5.41) is 32.6. The van der Waals surface area contributed by atoms with Gasteiger partial charge in [-0.25, -0.2) is 9.97 Å². The molecule has 14 heteroatoms. The Hall–Kier alpha value is -6.80. The van der Waals surface area contributed by atoms with Crippen LogP contribution in [0, 0.1) is 24.3 Å². The van der Waals surface area contributed by atoms with Crippen molar-refractivity contribution >= 4 is 0 Å². The first-order valence-corrected chi connectivity index (χ1v) is 18.4. The first-order chi connectivity index (χ1) is 26.8. The van der Waals surface area contributed by atoms with Gasteiger partial charge in [-0.2, -0.15) is 5.26 Å². The van der Waals surface area contributed by atoms with Gasteiger partial charge in [-0.3, -0.25) is 18.7 Å². The molecule has 0 aliphatic heterocycles. The van der Waals surface area contributed by atoms with Gasteiger partial charge >= 0.3 is 6.07 Å². The average molecular weight is 738 g/mol. The molecule has 2 aliphatic rings. The molecule has 0 amide bonds. The van der Waals surface area contributed by atoms with Crippen molar-refractivity contribution in [1.82, 2.24) is 29.4 Å². The largest absolute Gasteiger partial charge is 0.508 e. The minimum Gasteiger partial charge on any atom is -0.508 e. The van der Waals surface area contributed by atoms with Gasteiger partial charge in [0.25, 0.3) is 11.1 Å². The van der Waals surface area contributed by atoms with E-state index < -0.39 is 0 Å². The van der Waals surface area contributed by atoms with Crippen molar-refractivity contribution in [3.05, 3.63) is 131 Å². The standard InChI is InChI=1S/C41H36N8O6/c1-3-39-45-36-11-7-5-9-34(36)41(52)49(39)23-30-19-37(54-47-30)27-13-26(14-31(50)16-27)21-43-53-32-15-25(20-42)12-28(17-32)38-18-29(46-55-38)22-48-24(2)44-35-10-6-4-8-33(35)40(48)51/h12-19H,3-11,22-23H2,1-2H3/p+1. The normalized spacial score (nSPS) is 13.3. The van der Waals surface area contributed by atoms with Crippen LogP contribution < -0.4 is 16.0 Å². The van der Waals surface area contributed by atoms with E-state index in [1.165, 1.54) is 18.2 Å². The maximum Gasteiger partial charge on any atom is 0.389 e. The second-order valence-electron chi connectivity index (χ2n) is 13.9. The molecule has 4 heterocycles. The lowest BCUT2D eigenvalue weighted by atomic mass is 9.97. The van der Waals surface area contributed by atoms with E-state index in [9.17, 15) is 20.0 Å². The molecule has 0 spiro atoms. The van der Waals surface area contributed by atoms with Crippen molar-refractivity contribution in [1.29, 1.82) is 5.26 Å². The number of nitriles is 1. The summed E-state index contributed by atoms with van der Waals surface area (Å²) in [6, 6.07) is 17.8. The van der Waals surface area contributed by atoms with E-state index in [2.05, 4.69) is 32.4 Å². The van der Waals surface area contributed by atoms with Crippen molar-refractivity contribution < 1.29 is 19.0 Å². The molecule has 0 fully saturated rings. The number of phenolic OH excluding ortho intramolecular Hbond substituents is 1. The quantitative estimate of drug-likeness (QED) is 0.179. The first kappa shape index (κ1) is 35.2. The Balaban J connectivity index is 0.989. The predicted octanol–water partition coefficient (Wildman–Crippen LogP) is 6.09. The Bertz CT molecular complexity index is 2690. The number of nitrogens with zero attached hydrogens (tertiary/aromatic N) is 8. The summed E-state index contributed by atoms with van der Waals surface area (Å²) in [5.74, 6) is 2.28. The van der Waals surface area contributed by atoms with Gasteiger partial charge in [-0.05, 0) is 76.5 Å². The molecule has 4 aromatic heterocycles. The third-order valence-corrected chi connectivity index (χ3v) is 10.1. The number of aryl methyl sites for hydroxylation is 4. The molecular weight excluding hydrogens is 701 g/mol. The molecule has 6 aromatic rings. The van der Waals surface area contributed by atoms with Crippen LogP contribution in [0.4, 0.5) is 0 Å². The van der Waals surface area contributed by atoms with Crippen molar-refractivity contribution in [2.75, 3.05) is 0 Å². The van der Waals surface area contributed by atoms with Crippen LogP contribution in [0.1, 0.15) is 89.3 Å². The third kappa shape index (κ3) is 7.27. The number of rotatable bonds is 8. The van der Waals surface area contributed by atoms with E-state index in [1.807, 2.05) is 13.8 Å². The summed E-state index contributed by atoms with van der Waals surface area (Å²) >= 11 is 0. The van der Waals surface area contributed by atoms with Crippen molar-refractivity contribution in [3.63, 3.8) is 0 Å². The van der Waals surface area contributed by atoms with E-state index in [-0.39, 0.29) is 35.7 Å². The fourth-order valence-corrected chi connectivity index (χ4v) is 7.34. The Morgan fingerprint density at radius 3 is 2.05 bits per heavy atom. The molecule has 8 rings (SSSR count). The number of aromatic nitrogens is 6. The third-order valence-electron chi connectivity index (χ3n) is 10.1. The van der Waals surface area contributed by atoms with Crippen molar-refractivity contribution in [3.8, 4) is 46.3 Å². The highest BCUT2D eigenvalue weighted by Crippen LogP contribution is 2.29. The summed E-state index contributed by atoms with van der Waals surface area (Å²) in [7, 11) is 0.